The lowest BCUT2D eigenvalue weighted by atomic mass is 10.4. The number of nitrogens with zero attached hydrogens (tertiary/aromatic N) is 5. The number of aromatic nitrogens is 5. The fraction of sp³-hybridized carbons (Fsp3) is 0.333. The Hall–Kier alpha value is -2.72. The summed E-state index contributed by atoms with van der Waals surface area (Å²) in [6.07, 6.45) is 1.56. The first-order valence-corrected chi connectivity index (χ1v) is 6.88. The highest BCUT2D eigenvalue weighted by molar-refractivity contribution is 5.53. The summed E-state index contributed by atoms with van der Waals surface area (Å²) < 4.78 is 6.82. The second kappa shape index (κ2) is 6.37. The second-order valence-electron chi connectivity index (χ2n) is 4.43. The Kier molecular flexibility index (Phi) is 4.12. The zero-order chi connectivity index (χ0) is 15.4. The molecule has 0 aliphatic heterocycles. The molecule has 6 N–H and O–H groups in total. The summed E-state index contributed by atoms with van der Waals surface area (Å²) >= 11 is 0. The fourth-order valence-electron chi connectivity index (χ4n) is 1.86. The van der Waals surface area contributed by atoms with Gasteiger partial charge in [-0.25, -0.2) is 0 Å². The zero-order valence-corrected chi connectivity index (χ0v) is 11.9. The van der Waals surface area contributed by atoms with Gasteiger partial charge in [-0.1, -0.05) is 0 Å². The molecule has 0 bridgehead atoms. The van der Waals surface area contributed by atoms with Crippen molar-refractivity contribution >= 4 is 17.7 Å². The van der Waals surface area contributed by atoms with Gasteiger partial charge in [0.15, 0.2) is 5.76 Å². The largest absolute Gasteiger partial charge is 0.461 e. The van der Waals surface area contributed by atoms with Crippen molar-refractivity contribution in [2.24, 2.45) is 11.5 Å². The summed E-state index contributed by atoms with van der Waals surface area (Å²) in [6.45, 7) is 2.06. The Morgan fingerprint density at radius 1 is 1.09 bits per heavy atom. The van der Waals surface area contributed by atoms with Crippen LogP contribution >= 0.6 is 0 Å². The van der Waals surface area contributed by atoms with E-state index in [9.17, 15) is 0 Å². The van der Waals surface area contributed by atoms with E-state index in [2.05, 4.69) is 30.7 Å². The average Bonchev–Trinajstić information content (AvgIpc) is 3.18. The first-order valence-electron chi connectivity index (χ1n) is 6.88. The predicted octanol–water partition coefficient (Wildman–Crippen LogP) is -0.479. The molecule has 22 heavy (non-hydrogen) atoms. The maximum Gasteiger partial charge on any atom is 0.259 e. The summed E-state index contributed by atoms with van der Waals surface area (Å²) in [5.74, 6) is 2.33. The molecule has 0 fully saturated rings. The van der Waals surface area contributed by atoms with Gasteiger partial charge in [-0.15, -0.1) is 5.10 Å². The minimum Gasteiger partial charge on any atom is -0.461 e. The van der Waals surface area contributed by atoms with Crippen LogP contribution in [-0.2, 0) is 0 Å². The molecular formula is C12H17N9O. The molecule has 116 valence electrons. The van der Waals surface area contributed by atoms with Crippen LogP contribution in [0.3, 0.4) is 0 Å². The van der Waals surface area contributed by atoms with Crippen LogP contribution in [0.25, 0.3) is 17.4 Å². The van der Waals surface area contributed by atoms with E-state index in [-0.39, 0.29) is 0 Å². The van der Waals surface area contributed by atoms with Gasteiger partial charge >= 0.3 is 0 Å². The highest BCUT2D eigenvalue weighted by atomic mass is 16.3. The molecule has 0 aliphatic rings. The van der Waals surface area contributed by atoms with Crippen LogP contribution < -0.4 is 22.1 Å². The van der Waals surface area contributed by atoms with Crippen LogP contribution in [0.15, 0.2) is 22.8 Å². The molecule has 3 aromatic heterocycles. The molecule has 0 unspecified atom stereocenters. The molecule has 0 radical (unpaired) electrons. The third-order valence-electron chi connectivity index (χ3n) is 2.80. The lowest BCUT2D eigenvalue weighted by molar-refractivity contribution is 0.577. The SMILES string of the molecule is NCCNc1nc(NCCN)n2nc(-c3ccco3)nc2n1. The fourth-order valence-corrected chi connectivity index (χ4v) is 1.86. The van der Waals surface area contributed by atoms with Crippen LogP contribution in [-0.4, -0.2) is 50.7 Å². The van der Waals surface area contributed by atoms with Crippen molar-refractivity contribution < 1.29 is 4.42 Å². The van der Waals surface area contributed by atoms with Gasteiger partial charge in [0.1, 0.15) is 0 Å². The van der Waals surface area contributed by atoms with E-state index in [4.69, 9.17) is 15.9 Å². The minimum atomic E-state index is 0.403. The molecule has 0 spiro atoms. The van der Waals surface area contributed by atoms with Crippen LogP contribution in [0.5, 0.6) is 0 Å². The molecule has 0 amide bonds. The number of hydrogen-bond acceptors (Lipinski definition) is 9. The smallest absolute Gasteiger partial charge is 0.259 e. The Bertz CT molecular complexity index is 736. The Balaban J connectivity index is 2.03. The van der Waals surface area contributed by atoms with Crippen LogP contribution in [0, 0.1) is 0 Å². The van der Waals surface area contributed by atoms with E-state index in [1.807, 2.05) is 0 Å². The van der Waals surface area contributed by atoms with Crippen molar-refractivity contribution in [2.45, 2.75) is 0 Å². The number of hydrogen-bond donors (Lipinski definition) is 4. The number of nitrogens with two attached hydrogens (primary N) is 2. The summed E-state index contributed by atoms with van der Waals surface area (Å²) in [5.41, 5.74) is 11.0. The normalized spacial score (nSPS) is 11.0. The molecule has 0 saturated heterocycles. The summed E-state index contributed by atoms with van der Waals surface area (Å²) in [5, 5.41) is 10.5. The molecule has 0 aliphatic carbocycles. The zero-order valence-electron chi connectivity index (χ0n) is 11.9. The molecular weight excluding hydrogens is 286 g/mol. The minimum absolute atomic E-state index is 0.403. The third-order valence-corrected chi connectivity index (χ3v) is 2.80. The molecule has 0 aromatic carbocycles. The van der Waals surface area contributed by atoms with Gasteiger partial charge in [0.05, 0.1) is 6.26 Å². The van der Waals surface area contributed by atoms with E-state index >= 15 is 0 Å². The molecule has 3 aromatic rings. The van der Waals surface area contributed by atoms with E-state index < -0.39 is 0 Å². The van der Waals surface area contributed by atoms with Gasteiger partial charge in [-0.05, 0) is 12.1 Å². The van der Waals surface area contributed by atoms with E-state index in [1.165, 1.54) is 4.52 Å². The predicted molar refractivity (Wildman–Crippen MR) is 81.4 cm³/mol. The summed E-state index contributed by atoms with van der Waals surface area (Å²) in [6, 6.07) is 3.55. The van der Waals surface area contributed by atoms with Crippen LogP contribution in [0.1, 0.15) is 0 Å². The van der Waals surface area contributed by atoms with E-state index in [1.54, 1.807) is 18.4 Å². The summed E-state index contributed by atoms with van der Waals surface area (Å²) in [7, 11) is 0. The molecule has 10 heteroatoms. The van der Waals surface area contributed by atoms with Crippen molar-refractivity contribution in [3.63, 3.8) is 0 Å². The van der Waals surface area contributed by atoms with Gasteiger partial charge in [0, 0.05) is 26.2 Å². The van der Waals surface area contributed by atoms with Gasteiger partial charge in [-0.3, -0.25) is 0 Å². The number of nitrogens with one attached hydrogen (secondary N) is 2. The quantitative estimate of drug-likeness (QED) is 0.454. The number of anilines is 2. The van der Waals surface area contributed by atoms with Gasteiger partial charge < -0.3 is 26.5 Å². The molecule has 3 heterocycles. The monoisotopic (exact) mass is 303 g/mol. The standard InChI is InChI=1S/C12H17N9O/c13-3-5-15-10-18-11(16-6-4-14)21-12(19-10)17-9(20-21)8-2-1-7-22-8/h1-2,7H,3-6,13-14H2,(H2,15,16,17,18,19,20). The van der Waals surface area contributed by atoms with Crippen molar-refractivity contribution in [3.05, 3.63) is 18.4 Å². The van der Waals surface area contributed by atoms with E-state index in [0.717, 1.165) is 0 Å². The maximum absolute atomic E-state index is 5.52. The second-order valence-corrected chi connectivity index (χ2v) is 4.43. The molecule has 0 saturated carbocycles. The van der Waals surface area contributed by atoms with Gasteiger partial charge in [0.2, 0.25) is 17.7 Å². The van der Waals surface area contributed by atoms with Gasteiger partial charge in [-0.2, -0.15) is 19.5 Å². The van der Waals surface area contributed by atoms with Crippen LogP contribution in [0.2, 0.25) is 0 Å². The maximum atomic E-state index is 5.52. The third kappa shape index (κ3) is 2.82. The lowest BCUT2D eigenvalue weighted by Gasteiger charge is -2.08. The van der Waals surface area contributed by atoms with Crippen molar-refractivity contribution in [2.75, 3.05) is 36.8 Å². The van der Waals surface area contributed by atoms with E-state index in [0.29, 0.717) is 55.4 Å². The van der Waals surface area contributed by atoms with Crippen molar-refractivity contribution in [1.82, 2.24) is 24.6 Å². The number of rotatable bonds is 7. The lowest BCUT2D eigenvalue weighted by Crippen LogP contribution is -2.19. The van der Waals surface area contributed by atoms with Crippen molar-refractivity contribution in [3.8, 4) is 11.6 Å². The molecule has 0 atom stereocenters. The van der Waals surface area contributed by atoms with Gasteiger partial charge in [0.25, 0.3) is 5.78 Å². The highest BCUT2D eigenvalue weighted by Crippen LogP contribution is 2.18. The highest BCUT2D eigenvalue weighted by Gasteiger charge is 2.14. The van der Waals surface area contributed by atoms with Crippen molar-refractivity contribution in [1.29, 1.82) is 0 Å². The Morgan fingerprint density at radius 3 is 2.64 bits per heavy atom. The average molecular weight is 303 g/mol. The molecule has 3 rings (SSSR count). The summed E-state index contributed by atoms with van der Waals surface area (Å²) in [4.78, 5) is 13.0. The number of fused-ring (bicyclic) bond motifs is 1. The van der Waals surface area contributed by atoms with Crippen LogP contribution in [0.4, 0.5) is 11.9 Å². The topological polar surface area (TPSA) is 145 Å². The Morgan fingerprint density at radius 2 is 1.91 bits per heavy atom. The molecule has 10 nitrogen and oxygen atoms in total. The number of furan rings is 1. The Labute approximate surface area is 125 Å². The first kappa shape index (κ1) is 14.2. The first-order chi connectivity index (χ1) is 10.8.